The summed E-state index contributed by atoms with van der Waals surface area (Å²) >= 11 is 1.46. The summed E-state index contributed by atoms with van der Waals surface area (Å²) in [6.07, 6.45) is 3.97. The van der Waals surface area contributed by atoms with Crippen LogP contribution < -0.4 is 5.32 Å². The molecule has 124 valence electrons. The quantitative estimate of drug-likeness (QED) is 0.571. The summed E-state index contributed by atoms with van der Waals surface area (Å²) in [5.74, 6) is -0.0756. The van der Waals surface area contributed by atoms with Crippen LogP contribution in [0, 0.1) is 13.8 Å². The smallest absolute Gasteiger partial charge is 0.265 e. The molecule has 4 aromatic rings. The number of thiophene rings is 1. The van der Waals surface area contributed by atoms with Crippen LogP contribution in [0.5, 0.6) is 0 Å². The number of hydrogen-bond donors (Lipinski definition) is 1. The number of fused-ring (bicyclic) bond motifs is 1. The Labute approximate surface area is 149 Å². The zero-order chi connectivity index (χ0) is 17.4. The van der Waals surface area contributed by atoms with Gasteiger partial charge < -0.3 is 9.72 Å². The first-order valence-corrected chi connectivity index (χ1v) is 8.89. The molecule has 0 atom stereocenters. The minimum atomic E-state index is -0.0756. The lowest BCUT2D eigenvalue weighted by atomic mass is 10.1. The second-order valence-corrected chi connectivity index (χ2v) is 6.98. The molecule has 0 saturated heterocycles. The Kier molecular flexibility index (Phi) is 3.86. The van der Waals surface area contributed by atoms with E-state index >= 15 is 0 Å². The van der Waals surface area contributed by atoms with Crippen LogP contribution >= 0.6 is 11.3 Å². The van der Waals surface area contributed by atoms with Gasteiger partial charge in [0.05, 0.1) is 10.6 Å². The number of carbonyl (C=O) groups is 1. The maximum atomic E-state index is 12.4. The van der Waals surface area contributed by atoms with E-state index in [0.29, 0.717) is 0 Å². The Morgan fingerprint density at radius 1 is 1.16 bits per heavy atom. The SMILES string of the molecule is Cc1csc(C(=O)Nc2cc(-c3cn4ccccc4n3)ccc2C)c1. The lowest BCUT2D eigenvalue weighted by molar-refractivity contribution is 0.103. The van der Waals surface area contributed by atoms with Gasteiger partial charge in [0.25, 0.3) is 5.91 Å². The number of carbonyl (C=O) groups excluding carboxylic acids is 1. The zero-order valence-electron chi connectivity index (χ0n) is 14.0. The highest BCUT2D eigenvalue weighted by atomic mass is 32.1. The van der Waals surface area contributed by atoms with E-state index in [1.807, 2.05) is 78.5 Å². The Bertz CT molecular complexity index is 1040. The third kappa shape index (κ3) is 3.06. The maximum Gasteiger partial charge on any atom is 0.265 e. The van der Waals surface area contributed by atoms with Crippen molar-refractivity contribution in [1.82, 2.24) is 9.38 Å². The van der Waals surface area contributed by atoms with Gasteiger partial charge in [-0.1, -0.05) is 18.2 Å². The molecule has 0 bridgehead atoms. The molecule has 1 amide bonds. The normalized spacial score (nSPS) is 11.0. The third-order valence-corrected chi connectivity index (χ3v) is 5.15. The van der Waals surface area contributed by atoms with Crippen molar-refractivity contribution in [2.75, 3.05) is 5.32 Å². The summed E-state index contributed by atoms with van der Waals surface area (Å²) in [5, 5.41) is 5.00. The Morgan fingerprint density at radius 3 is 2.80 bits per heavy atom. The van der Waals surface area contributed by atoms with Gasteiger partial charge in [-0.2, -0.15) is 0 Å². The lowest BCUT2D eigenvalue weighted by Gasteiger charge is -2.09. The monoisotopic (exact) mass is 347 g/mol. The molecule has 0 saturated carbocycles. The number of imidazole rings is 1. The van der Waals surface area contributed by atoms with Crippen LogP contribution in [0.4, 0.5) is 5.69 Å². The van der Waals surface area contributed by atoms with E-state index in [9.17, 15) is 4.79 Å². The molecule has 0 fully saturated rings. The summed E-state index contributed by atoms with van der Waals surface area (Å²) in [6.45, 7) is 3.98. The van der Waals surface area contributed by atoms with Gasteiger partial charge in [-0.05, 0) is 54.6 Å². The van der Waals surface area contributed by atoms with Gasteiger partial charge in [0.1, 0.15) is 5.65 Å². The lowest BCUT2D eigenvalue weighted by Crippen LogP contribution is -2.11. The van der Waals surface area contributed by atoms with Crippen LogP contribution in [0.25, 0.3) is 16.9 Å². The molecule has 0 radical (unpaired) electrons. The van der Waals surface area contributed by atoms with Crippen molar-refractivity contribution in [3.63, 3.8) is 0 Å². The van der Waals surface area contributed by atoms with Crippen molar-refractivity contribution in [2.45, 2.75) is 13.8 Å². The van der Waals surface area contributed by atoms with Crippen molar-refractivity contribution in [2.24, 2.45) is 0 Å². The van der Waals surface area contributed by atoms with Crippen molar-refractivity contribution in [1.29, 1.82) is 0 Å². The van der Waals surface area contributed by atoms with Crippen LogP contribution in [-0.4, -0.2) is 15.3 Å². The van der Waals surface area contributed by atoms with E-state index in [0.717, 1.165) is 38.6 Å². The van der Waals surface area contributed by atoms with E-state index in [4.69, 9.17) is 0 Å². The molecule has 4 nitrogen and oxygen atoms in total. The Balaban J connectivity index is 1.67. The van der Waals surface area contributed by atoms with Crippen molar-refractivity contribution >= 4 is 28.6 Å². The number of anilines is 1. The van der Waals surface area contributed by atoms with Gasteiger partial charge >= 0.3 is 0 Å². The highest BCUT2D eigenvalue weighted by molar-refractivity contribution is 7.12. The van der Waals surface area contributed by atoms with Gasteiger partial charge in [0, 0.05) is 23.6 Å². The average Bonchev–Trinajstić information content (AvgIpc) is 3.23. The molecule has 4 rings (SSSR count). The molecule has 1 N–H and O–H groups in total. The van der Waals surface area contributed by atoms with Crippen molar-refractivity contribution in [3.8, 4) is 11.3 Å². The van der Waals surface area contributed by atoms with E-state index in [2.05, 4.69) is 10.3 Å². The number of benzene rings is 1. The summed E-state index contributed by atoms with van der Waals surface area (Å²) in [7, 11) is 0. The van der Waals surface area contributed by atoms with Crippen molar-refractivity contribution in [3.05, 3.63) is 76.2 Å². The molecular weight excluding hydrogens is 330 g/mol. The Hall–Kier alpha value is -2.92. The molecule has 5 heteroatoms. The number of pyridine rings is 1. The number of aromatic nitrogens is 2. The molecule has 0 aliphatic carbocycles. The minimum Gasteiger partial charge on any atom is -0.321 e. The van der Waals surface area contributed by atoms with E-state index < -0.39 is 0 Å². The van der Waals surface area contributed by atoms with Crippen molar-refractivity contribution < 1.29 is 4.79 Å². The number of aryl methyl sites for hydroxylation is 2. The molecule has 0 aliphatic rings. The fourth-order valence-electron chi connectivity index (χ4n) is 2.72. The molecular formula is C20H17N3OS. The van der Waals surface area contributed by atoms with Gasteiger partial charge in [0.15, 0.2) is 0 Å². The maximum absolute atomic E-state index is 12.4. The highest BCUT2D eigenvalue weighted by Crippen LogP contribution is 2.26. The van der Waals surface area contributed by atoms with Crippen LogP contribution in [0.15, 0.2) is 60.2 Å². The van der Waals surface area contributed by atoms with Gasteiger partial charge in [-0.25, -0.2) is 4.98 Å². The molecule has 0 aliphatic heterocycles. The van der Waals surface area contributed by atoms with E-state index in [1.165, 1.54) is 11.3 Å². The van der Waals surface area contributed by atoms with E-state index in [1.54, 1.807) is 0 Å². The second kappa shape index (κ2) is 6.18. The van der Waals surface area contributed by atoms with Crippen LogP contribution in [-0.2, 0) is 0 Å². The highest BCUT2D eigenvalue weighted by Gasteiger charge is 2.12. The molecule has 0 unspecified atom stereocenters. The first-order valence-electron chi connectivity index (χ1n) is 8.01. The molecule has 25 heavy (non-hydrogen) atoms. The Morgan fingerprint density at radius 2 is 2.04 bits per heavy atom. The van der Waals surface area contributed by atoms with Crippen LogP contribution in [0.3, 0.4) is 0 Å². The molecule has 3 heterocycles. The summed E-state index contributed by atoms with van der Waals surface area (Å²) in [6, 6.07) is 13.8. The van der Waals surface area contributed by atoms with E-state index in [-0.39, 0.29) is 5.91 Å². The van der Waals surface area contributed by atoms with Crippen LogP contribution in [0.2, 0.25) is 0 Å². The minimum absolute atomic E-state index is 0.0756. The predicted molar refractivity (Wildman–Crippen MR) is 102 cm³/mol. The van der Waals surface area contributed by atoms with Crippen LogP contribution in [0.1, 0.15) is 20.8 Å². The fourth-order valence-corrected chi connectivity index (χ4v) is 3.52. The number of rotatable bonds is 3. The molecule has 3 aromatic heterocycles. The number of nitrogens with zero attached hydrogens (tertiary/aromatic N) is 2. The largest absolute Gasteiger partial charge is 0.321 e. The average molecular weight is 347 g/mol. The molecule has 0 spiro atoms. The second-order valence-electron chi connectivity index (χ2n) is 6.06. The number of nitrogens with one attached hydrogen (secondary N) is 1. The zero-order valence-corrected chi connectivity index (χ0v) is 14.8. The van der Waals surface area contributed by atoms with Gasteiger partial charge in [0.2, 0.25) is 0 Å². The summed E-state index contributed by atoms with van der Waals surface area (Å²) in [5.41, 5.74) is 5.70. The topological polar surface area (TPSA) is 46.4 Å². The predicted octanol–water partition coefficient (Wildman–Crippen LogP) is 4.93. The third-order valence-electron chi connectivity index (χ3n) is 4.10. The first kappa shape index (κ1) is 15.6. The summed E-state index contributed by atoms with van der Waals surface area (Å²) < 4.78 is 1.99. The first-order chi connectivity index (χ1) is 12.1. The molecule has 1 aromatic carbocycles. The number of hydrogen-bond acceptors (Lipinski definition) is 3. The number of amides is 1. The standard InChI is InChI=1S/C20H17N3OS/c1-13-9-18(25-12-13)20(24)22-16-10-15(7-6-14(16)2)17-11-23-8-4-3-5-19(23)21-17/h3-12H,1-2H3,(H,22,24). The van der Waals surface area contributed by atoms with Gasteiger partial charge in [-0.15, -0.1) is 11.3 Å². The fraction of sp³-hybridized carbons (Fsp3) is 0.100. The van der Waals surface area contributed by atoms with Gasteiger partial charge in [-0.3, -0.25) is 4.79 Å². The summed E-state index contributed by atoms with van der Waals surface area (Å²) in [4.78, 5) is 17.8.